The highest BCUT2D eigenvalue weighted by molar-refractivity contribution is 6.13. The predicted octanol–water partition coefficient (Wildman–Crippen LogP) is 17.9. The molecule has 0 amide bonds. The minimum Gasteiger partial charge on any atom is -0.316 e. The van der Waals surface area contributed by atoms with Gasteiger partial charge in [-0.05, 0) is 152 Å². The first-order valence-corrected chi connectivity index (χ1v) is 24.9. The van der Waals surface area contributed by atoms with E-state index in [0.717, 1.165) is 28.4 Å². The number of fused-ring (bicyclic) bond motifs is 14. The summed E-state index contributed by atoms with van der Waals surface area (Å²) in [4.78, 5) is 2.43. The van der Waals surface area contributed by atoms with Crippen LogP contribution >= 0.6 is 0 Å². The normalized spacial score (nSPS) is 12.8. The highest BCUT2D eigenvalue weighted by atomic mass is 15.1. The molecule has 336 valence electrons. The van der Waals surface area contributed by atoms with Crippen molar-refractivity contribution in [3.05, 3.63) is 295 Å². The van der Waals surface area contributed by atoms with Crippen LogP contribution in [0.5, 0.6) is 0 Å². The highest BCUT2D eigenvalue weighted by Crippen LogP contribution is 2.63. The van der Waals surface area contributed by atoms with E-state index >= 15 is 0 Å². The fourth-order valence-corrected chi connectivity index (χ4v) is 12.4. The van der Waals surface area contributed by atoms with Crippen LogP contribution in [0.4, 0.5) is 17.1 Å². The number of para-hydroxylation sites is 2. The zero-order chi connectivity index (χ0) is 47.3. The predicted molar refractivity (Wildman–Crippen MR) is 299 cm³/mol. The quantitative estimate of drug-likeness (QED) is 0.155. The zero-order valence-corrected chi connectivity index (χ0v) is 39.3. The standard InChI is InChI=1S/C69H45N3/c1-3-15-46(16-4-1)47-29-35-53(36-30-47)71(55-39-40-59-58-21-9-13-25-64(58)69(65(59)44-55)62-23-11-7-19-56(62)57-20-8-12-24-63(57)69)54-37-31-49(32-38-54)48-27-33-51(34-28-48)70-42-41-50-43-61-60-22-10-14-26-66(60)72(68(61)45-67(50)70)52-17-5-2-6-18-52/h1-45H. The number of benzene rings is 11. The Bertz CT molecular complexity index is 4170. The van der Waals surface area contributed by atoms with Gasteiger partial charge in [0, 0.05) is 50.8 Å². The third-order valence-corrected chi connectivity index (χ3v) is 15.6. The van der Waals surface area contributed by atoms with Gasteiger partial charge in [0.05, 0.1) is 22.0 Å². The van der Waals surface area contributed by atoms with Crippen LogP contribution in [0.2, 0.25) is 0 Å². The van der Waals surface area contributed by atoms with Crippen molar-refractivity contribution in [2.45, 2.75) is 5.41 Å². The summed E-state index contributed by atoms with van der Waals surface area (Å²) in [6.45, 7) is 0. The molecule has 3 nitrogen and oxygen atoms in total. The van der Waals surface area contributed by atoms with Crippen LogP contribution in [0.3, 0.4) is 0 Å². The van der Waals surface area contributed by atoms with Crippen LogP contribution in [0, 0.1) is 0 Å². The Hall–Kier alpha value is -9.44. The third-order valence-electron chi connectivity index (χ3n) is 15.6. The second kappa shape index (κ2) is 15.8. The highest BCUT2D eigenvalue weighted by Gasteiger charge is 2.51. The van der Waals surface area contributed by atoms with Gasteiger partial charge in [-0.3, -0.25) is 0 Å². The van der Waals surface area contributed by atoms with Gasteiger partial charge in [0.1, 0.15) is 0 Å². The van der Waals surface area contributed by atoms with Crippen LogP contribution in [-0.4, -0.2) is 9.13 Å². The van der Waals surface area contributed by atoms with Gasteiger partial charge < -0.3 is 14.0 Å². The van der Waals surface area contributed by atoms with Gasteiger partial charge in [0.15, 0.2) is 0 Å². The smallest absolute Gasteiger partial charge is 0.0726 e. The van der Waals surface area contributed by atoms with Gasteiger partial charge in [0.2, 0.25) is 0 Å². The van der Waals surface area contributed by atoms with E-state index in [1.165, 1.54) is 99.5 Å². The van der Waals surface area contributed by atoms with E-state index in [-0.39, 0.29) is 0 Å². The minimum atomic E-state index is -0.435. The molecule has 2 aliphatic carbocycles. The lowest BCUT2D eigenvalue weighted by Gasteiger charge is -2.32. The first kappa shape index (κ1) is 40.4. The van der Waals surface area contributed by atoms with Crippen molar-refractivity contribution in [1.82, 2.24) is 9.13 Å². The summed E-state index contributed by atoms with van der Waals surface area (Å²) < 4.78 is 4.71. The van der Waals surface area contributed by atoms with E-state index in [2.05, 4.69) is 287 Å². The maximum Gasteiger partial charge on any atom is 0.0726 e. The molecule has 11 aromatic carbocycles. The van der Waals surface area contributed by atoms with Gasteiger partial charge in [-0.15, -0.1) is 0 Å². The van der Waals surface area contributed by atoms with Crippen LogP contribution in [-0.2, 0) is 5.41 Å². The summed E-state index contributed by atoms with van der Waals surface area (Å²) in [6, 6.07) is 98.4. The average molecular weight is 916 g/mol. The van der Waals surface area contributed by atoms with Crippen molar-refractivity contribution in [2.24, 2.45) is 0 Å². The van der Waals surface area contributed by atoms with E-state index in [0.29, 0.717) is 0 Å². The molecule has 15 rings (SSSR count). The van der Waals surface area contributed by atoms with Gasteiger partial charge in [0.25, 0.3) is 0 Å². The molecule has 0 fully saturated rings. The topological polar surface area (TPSA) is 13.1 Å². The molecule has 13 aromatic rings. The molecule has 0 saturated heterocycles. The monoisotopic (exact) mass is 915 g/mol. The molecule has 0 N–H and O–H groups in total. The Kier molecular flexibility index (Phi) is 8.87. The number of anilines is 3. The molecule has 2 aromatic heterocycles. The Morgan fingerprint density at radius 3 is 1.39 bits per heavy atom. The molecular weight excluding hydrogens is 871 g/mol. The van der Waals surface area contributed by atoms with Crippen LogP contribution in [0.15, 0.2) is 273 Å². The van der Waals surface area contributed by atoms with E-state index < -0.39 is 5.41 Å². The van der Waals surface area contributed by atoms with Crippen molar-refractivity contribution in [1.29, 1.82) is 0 Å². The molecule has 0 aliphatic heterocycles. The Balaban J connectivity index is 0.821. The molecule has 0 atom stereocenters. The van der Waals surface area contributed by atoms with E-state index in [9.17, 15) is 0 Å². The fourth-order valence-electron chi connectivity index (χ4n) is 12.4. The van der Waals surface area contributed by atoms with Crippen LogP contribution in [0.25, 0.3) is 88.6 Å². The average Bonchev–Trinajstić information content (AvgIpc) is 4.19. The molecule has 0 unspecified atom stereocenters. The first-order valence-electron chi connectivity index (χ1n) is 24.9. The second-order valence-electron chi connectivity index (χ2n) is 19.3. The number of rotatable bonds is 7. The Labute approximate surface area is 418 Å². The van der Waals surface area contributed by atoms with Crippen molar-refractivity contribution >= 4 is 49.8 Å². The molecule has 0 saturated carbocycles. The first-order chi connectivity index (χ1) is 35.7. The van der Waals surface area contributed by atoms with Crippen molar-refractivity contribution in [2.75, 3.05) is 4.90 Å². The summed E-state index contributed by atoms with van der Waals surface area (Å²) >= 11 is 0. The van der Waals surface area contributed by atoms with Gasteiger partial charge in [-0.1, -0.05) is 182 Å². The van der Waals surface area contributed by atoms with Crippen molar-refractivity contribution in [3.63, 3.8) is 0 Å². The maximum atomic E-state index is 2.48. The number of hydrogen-bond acceptors (Lipinski definition) is 1. The van der Waals surface area contributed by atoms with Gasteiger partial charge in [-0.2, -0.15) is 0 Å². The molecule has 3 heteroatoms. The Morgan fingerprint density at radius 1 is 0.292 bits per heavy atom. The molecule has 2 aliphatic rings. The van der Waals surface area contributed by atoms with Crippen molar-refractivity contribution < 1.29 is 0 Å². The SMILES string of the molecule is c1ccc(-c2ccc(N(c3ccc(-c4ccc(-n5ccc6cc7c8ccccc8n(-c8ccccc8)c7cc65)cc4)cc3)c3ccc4c(c3)C3(c5ccccc5-c5ccccc53)c3ccccc3-4)cc2)cc1. The summed E-state index contributed by atoms with van der Waals surface area (Å²) in [5.41, 5.74) is 24.1. The maximum absolute atomic E-state index is 2.48. The number of hydrogen-bond donors (Lipinski definition) is 0. The summed E-state index contributed by atoms with van der Waals surface area (Å²) in [7, 11) is 0. The molecular formula is C69H45N3. The lowest BCUT2D eigenvalue weighted by molar-refractivity contribution is 0.793. The zero-order valence-electron chi connectivity index (χ0n) is 39.3. The van der Waals surface area contributed by atoms with Crippen LogP contribution in [0.1, 0.15) is 22.3 Å². The molecule has 0 bridgehead atoms. The lowest BCUT2D eigenvalue weighted by Crippen LogP contribution is -2.26. The van der Waals surface area contributed by atoms with Crippen molar-refractivity contribution in [3.8, 4) is 55.9 Å². The van der Waals surface area contributed by atoms with Crippen LogP contribution < -0.4 is 4.90 Å². The summed E-state index contributed by atoms with van der Waals surface area (Å²) in [6.07, 6.45) is 2.20. The van der Waals surface area contributed by atoms with E-state index in [1.807, 2.05) is 0 Å². The summed E-state index contributed by atoms with van der Waals surface area (Å²) in [5, 5.41) is 3.74. The molecule has 2 heterocycles. The minimum absolute atomic E-state index is 0.435. The summed E-state index contributed by atoms with van der Waals surface area (Å²) in [5.74, 6) is 0. The molecule has 1 spiro atoms. The number of aromatic nitrogens is 2. The van der Waals surface area contributed by atoms with E-state index in [1.54, 1.807) is 0 Å². The lowest BCUT2D eigenvalue weighted by atomic mass is 9.70. The fraction of sp³-hybridized carbons (Fsp3) is 0.0145. The van der Waals surface area contributed by atoms with Gasteiger partial charge >= 0.3 is 0 Å². The third kappa shape index (κ3) is 5.92. The Morgan fingerprint density at radius 2 is 0.778 bits per heavy atom. The molecule has 72 heavy (non-hydrogen) atoms. The second-order valence-corrected chi connectivity index (χ2v) is 19.3. The largest absolute Gasteiger partial charge is 0.316 e. The van der Waals surface area contributed by atoms with E-state index in [4.69, 9.17) is 0 Å². The number of nitrogens with zero attached hydrogens (tertiary/aromatic N) is 3. The van der Waals surface area contributed by atoms with Gasteiger partial charge in [-0.25, -0.2) is 0 Å². The molecule has 0 radical (unpaired) electrons.